The Labute approximate surface area is 171 Å². The first-order valence-corrected chi connectivity index (χ1v) is 11.9. The molecule has 28 heavy (non-hydrogen) atoms. The SMILES string of the molecule is COC(=O)CCC(C)[C@H]1CC[C@H]2[C@@H]3CC[C@@H]4CC(=O)CC[C@]4(C)[C@H]3CC[C@]12C. The van der Waals surface area contributed by atoms with Gasteiger partial charge in [0.15, 0.2) is 0 Å². The molecule has 4 aliphatic carbocycles. The number of fused-ring (bicyclic) bond motifs is 5. The molecule has 0 aromatic heterocycles. The first kappa shape index (κ1) is 20.4. The van der Waals surface area contributed by atoms with Gasteiger partial charge in [-0.25, -0.2) is 0 Å². The first-order valence-electron chi connectivity index (χ1n) is 11.9. The number of ketones is 1. The fourth-order valence-corrected chi connectivity index (χ4v) is 8.67. The fourth-order valence-electron chi connectivity index (χ4n) is 8.67. The zero-order chi connectivity index (χ0) is 20.1. The molecule has 0 bridgehead atoms. The molecule has 0 amide bonds. The summed E-state index contributed by atoms with van der Waals surface area (Å²) in [5.41, 5.74) is 0.858. The number of hydrogen-bond acceptors (Lipinski definition) is 3. The van der Waals surface area contributed by atoms with E-state index in [1.54, 1.807) is 0 Å². The Kier molecular flexibility index (Phi) is 5.42. The molecular formula is C25H40O3. The van der Waals surface area contributed by atoms with Crippen LogP contribution in [0, 0.1) is 46.3 Å². The van der Waals surface area contributed by atoms with Gasteiger partial charge in [-0.3, -0.25) is 9.59 Å². The average molecular weight is 389 g/mol. The molecule has 158 valence electrons. The maximum absolute atomic E-state index is 12.1. The summed E-state index contributed by atoms with van der Waals surface area (Å²) in [5, 5.41) is 0. The quantitative estimate of drug-likeness (QED) is 0.571. The Morgan fingerprint density at radius 1 is 1.07 bits per heavy atom. The Hall–Kier alpha value is -0.860. The van der Waals surface area contributed by atoms with Gasteiger partial charge in [0.2, 0.25) is 0 Å². The van der Waals surface area contributed by atoms with Crippen molar-refractivity contribution in [2.45, 2.75) is 91.4 Å². The largest absolute Gasteiger partial charge is 0.469 e. The van der Waals surface area contributed by atoms with Gasteiger partial charge >= 0.3 is 5.97 Å². The molecule has 0 N–H and O–H groups in total. The van der Waals surface area contributed by atoms with Crippen LogP contribution in [0.4, 0.5) is 0 Å². The second-order valence-corrected chi connectivity index (χ2v) is 11.2. The lowest BCUT2D eigenvalue weighted by atomic mass is 9.44. The molecule has 0 radical (unpaired) electrons. The van der Waals surface area contributed by atoms with Crippen LogP contribution in [0.25, 0.3) is 0 Å². The van der Waals surface area contributed by atoms with Gasteiger partial charge < -0.3 is 4.74 Å². The van der Waals surface area contributed by atoms with Crippen LogP contribution < -0.4 is 0 Å². The van der Waals surface area contributed by atoms with Gasteiger partial charge in [-0.1, -0.05) is 20.8 Å². The molecule has 4 aliphatic rings. The normalized spacial score (nSPS) is 46.3. The van der Waals surface area contributed by atoms with Crippen LogP contribution in [0.5, 0.6) is 0 Å². The molecule has 0 spiro atoms. The van der Waals surface area contributed by atoms with Crippen molar-refractivity contribution in [3.05, 3.63) is 0 Å². The summed E-state index contributed by atoms with van der Waals surface area (Å²) in [6.45, 7) is 7.49. The average Bonchev–Trinajstić information content (AvgIpc) is 3.03. The van der Waals surface area contributed by atoms with Crippen molar-refractivity contribution >= 4 is 11.8 Å². The van der Waals surface area contributed by atoms with Crippen molar-refractivity contribution in [1.82, 2.24) is 0 Å². The maximum atomic E-state index is 12.1. The van der Waals surface area contributed by atoms with E-state index in [-0.39, 0.29) is 5.97 Å². The molecule has 0 aromatic rings. The number of methoxy groups -OCH3 is 1. The van der Waals surface area contributed by atoms with Crippen LogP contribution in [-0.4, -0.2) is 18.9 Å². The van der Waals surface area contributed by atoms with Crippen LogP contribution in [0.15, 0.2) is 0 Å². The summed E-state index contributed by atoms with van der Waals surface area (Å²) >= 11 is 0. The lowest BCUT2D eigenvalue weighted by Gasteiger charge is -2.60. The summed E-state index contributed by atoms with van der Waals surface area (Å²) in [6.07, 6.45) is 12.4. The third-order valence-electron chi connectivity index (χ3n) is 10.3. The number of rotatable bonds is 4. The second kappa shape index (κ2) is 7.43. The van der Waals surface area contributed by atoms with Crippen molar-refractivity contribution in [3.63, 3.8) is 0 Å². The molecule has 3 nitrogen and oxygen atoms in total. The van der Waals surface area contributed by atoms with E-state index in [1.165, 1.54) is 45.6 Å². The third-order valence-corrected chi connectivity index (χ3v) is 10.3. The van der Waals surface area contributed by atoms with Crippen molar-refractivity contribution < 1.29 is 14.3 Å². The Morgan fingerprint density at radius 3 is 2.57 bits per heavy atom. The predicted octanol–water partition coefficient (Wildman–Crippen LogP) is 5.80. The zero-order valence-electron chi connectivity index (χ0n) is 18.5. The Morgan fingerprint density at radius 2 is 1.82 bits per heavy atom. The van der Waals surface area contributed by atoms with Crippen molar-refractivity contribution in [3.8, 4) is 0 Å². The van der Waals surface area contributed by atoms with Crippen molar-refractivity contribution in [2.24, 2.45) is 46.3 Å². The van der Waals surface area contributed by atoms with Crippen LogP contribution >= 0.6 is 0 Å². The maximum Gasteiger partial charge on any atom is 0.305 e. The zero-order valence-corrected chi connectivity index (χ0v) is 18.5. The van der Waals surface area contributed by atoms with Gasteiger partial charge in [-0.2, -0.15) is 0 Å². The number of Topliss-reactive ketones (excluding diaryl/α,β-unsaturated/α-hetero) is 1. The van der Waals surface area contributed by atoms with Crippen LogP contribution in [0.1, 0.15) is 91.4 Å². The Balaban J connectivity index is 1.49. The molecule has 0 saturated heterocycles. The van der Waals surface area contributed by atoms with Crippen molar-refractivity contribution in [2.75, 3.05) is 7.11 Å². The summed E-state index contributed by atoms with van der Waals surface area (Å²) in [5.74, 6) is 5.01. The number of hydrogen-bond donors (Lipinski definition) is 0. The van der Waals surface area contributed by atoms with E-state index in [0.717, 1.165) is 49.4 Å². The fraction of sp³-hybridized carbons (Fsp3) is 0.920. The highest BCUT2D eigenvalue weighted by Crippen LogP contribution is 2.68. The first-order chi connectivity index (χ1) is 13.3. The molecule has 0 aromatic carbocycles. The summed E-state index contributed by atoms with van der Waals surface area (Å²) < 4.78 is 4.87. The third kappa shape index (κ3) is 3.16. The number of carbonyl (C=O) groups is 2. The van der Waals surface area contributed by atoms with Gasteiger partial charge in [-0.05, 0) is 97.7 Å². The molecule has 0 heterocycles. The van der Waals surface area contributed by atoms with Gasteiger partial charge in [-0.15, -0.1) is 0 Å². The Bertz CT molecular complexity index is 627. The standard InChI is InChI=1S/C25H40O3/c1-16(5-10-23(27)28-4)20-8-9-21-19-7-6-17-15-18(26)11-13-24(17,2)22(19)12-14-25(20,21)3/h16-17,19-22H,5-15H2,1-4H3/t16?,17-,19+,20-,21+,22+,24+,25-/m1/s1. The highest BCUT2D eigenvalue weighted by Gasteiger charge is 2.60. The molecule has 4 rings (SSSR count). The molecule has 4 saturated carbocycles. The minimum Gasteiger partial charge on any atom is -0.469 e. The van der Waals surface area contributed by atoms with Gasteiger partial charge in [0.1, 0.15) is 5.78 Å². The lowest BCUT2D eigenvalue weighted by Crippen LogP contribution is -2.53. The van der Waals surface area contributed by atoms with Crippen LogP contribution in [0.3, 0.4) is 0 Å². The smallest absolute Gasteiger partial charge is 0.305 e. The van der Waals surface area contributed by atoms with Gasteiger partial charge in [0, 0.05) is 19.3 Å². The highest BCUT2D eigenvalue weighted by molar-refractivity contribution is 5.79. The summed E-state index contributed by atoms with van der Waals surface area (Å²) in [4.78, 5) is 23.7. The summed E-state index contributed by atoms with van der Waals surface area (Å²) in [7, 11) is 1.50. The molecule has 3 heteroatoms. The van der Waals surface area contributed by atoms with E-state index in [2.05, 4.69) is 20.8 Å². The summed E-state index contributed by atoms with van der Waals surface area (Å²) in [6, 6.07) is 0. The van der Waals surface area contributed by atoms with E-state index in [0.29, 0.717) is 34.9 Å². The van der Waals surface area contributed by atoms with E-state index >= 15 is 0 Å². The molecule has 1 unspecified atom stereocenters. The molecule has 4 fully saturated rings. The molecule has 8 atom stereocenters. The topological polar surface area (TPSA) is 43.4 Å². The van der Waals surface area contributed by atoms with E-state index < -0.39 is 0 Å². The number of carbonyl (C=O) groups excluding carboxylic acids is 2. The second-order valence-electron chi connectivity index (χ2n) is 11.2. The van der Waals surface area contributed by atoms with E-state index in [1.807, 2.05) is 0 Å². The monoisotopic (exact) mass is 388 g/mol. The van der Waals surface area contributed by atoms with E-state index in [9.17, 15) is 9.59 Å². The predicted molar refractivity (Wildman–Crippen MR) is 111 cm³/mol. The van der Waals surface area contributed by atoms with Gasteiger partial charge in [0.25, 0.3) is 0 Å². The van der Waals surface area contributed by atoms with Crippen LogP contribution in [-0.2, 0) is 14.3 Å². The minimum atomic E-state index is -0.0617. The van der Waals surface area contributed by atoms with E-state index in [4.69, 9.17) is 4.74 Å². The minimum absolute atomic E-state index is 0.0617. The van der Waals surface area contributed by atoms with Crippen molar-refractivity contribution in [1.29, 1.82) is 0 Å². The molecular weight excluding hydrogens is 348 g/mol. The van der Waals surface area contributed by atoms with Gasteiger partial charge in [0.05, 0.1) is 7.11 Å². The number of ether oxygens (including phenoxy) is 1. The highest BCUT2D eigenvalue weighted by atomic mass is 16.5. The van der Waals surface area contributed by atoms with Crippen LogP contribution in [0.2, 0.25) is 0 Å². The molecule has 0 aliphatic heterocycles. The number of esters is 1. The lowest BCUT2D eigenvalue weighted by molar-refractivity contribution is -0.141.